The van der Waals surface area contributed by atoms with E-state index in [0.29, 0.717) is 29.5 Å². The van der Waals surface area contributed by atoms with Gasteiger partial charge in [-0.2, -0.15) is 0 Å². The van der Waals surface area contributed by atoms with Gasteiger partial charge >= 0.3 is 11.9 Å². The summed E-state index contributed by atoms with van der Waals surface area (Å²) >= 11 is 0. The number of hydrogen-bond acceptors (Lipinski definition) is 6. The highest BCUT2D eigenvalue weighted by atomic mass is 16.5. The number of carboxylic acids is 1. The van der Waals surface area contributed by atoms with E-state index in [1.54, 1.807) is 30.3 Å². The highest BCUT2D eigenvalue weighted by Gasteiger charge is 2.32. The summed E-state index contributed by atoms with van der Waals surface area (Å²) in [7, 11) is 0. The molecule has 0 saturated heterocycles. The van der Waals surface area contributed by atoms with Crippen molar-refractivity contribution in [2.24, 2.45) is 17.4 Å². The standard InChI is InChI=1S/C30H40N2O5/c1-2-3-4-5-9-20-36-25-16-14-23(15-17-25)29(35)37-27-18-12-22(13-19-28(33)34)21-26(27)30(31,32)24-10-7-6-8-11-24/h6-8,10-13,18-19,21,23,25H,2-5,9,14-17,20,31-32H2,1H3,(H,33,34). The van der Waals surface area contributed by atoms with Crippen LogP contribution in [0.5, 0.6) is 5.75 Å². The van der Waals surface area contributed by atoms with E-state index in [0.717, 1.165) is 31.9 Å². The zero-order chi connectivity index (χ0) is 26.7. The highest BCUT2D eigenvalue weighted by Crippen LogP contribution is 2.34. The van der Waals surface area contributed by atoms with Gasteiger partial charge in [0.25, 0.3) is 0 Å². The summed E-state index contributed by atoms with van der Waals surface area (Å²) in [4.78, 5) is 24.1. The first kappa shape index (κ1) is 28.6. The van der Waals surface area contributed by atoms with E-state index in [-0.39, 0.29) is 23.7 Å². The molecule has 1 aliphatic carbocycles. The molecule has 2 aromatic carbocycles. The number of rotatable bonds is 13. The molecule has 0 amide bonds. The molecule has 0 aromatic heterocycles. The average molecular weight is 509 g/mol. The summed E-state index contributed by atoms with van der Waals surface area (Å²) in [6, 6.07) is 14.1. The minimum atomic E-state index is -1.45. The van der Waals surface area contributed by atoms with Gasteiger partial charge in [0.1, 0.15) is 11.4 Å². The number of carbonyl (C=O) groups excluding carboxylic acids is 1. The summed E-state index contributed by atoms with van der Waals surface area (Å²) in [5.41, 5.74) is 13.3. The first-order valence-corrected chi connectivity index (χ1v) is 13.3. The molecule has 0 aliphatic heterocycles. The van der Waals surface area contributed by atoms with Crippen LogP contribution in [0.1, 0.15) is 81.4 Å². The van der Waals surface area contributed by atoms with Crippen LogP contribution in [-0.4, -0.2) is 29.8 Å². The average Bonchev–Trinajstić information content (AvgIpc) is 2.90. The highest BCUT2D eigenvalue weighted by molar-refractivity contribution is 5.85. The molecule has 1 aliphatic rings. The van der Waals surface area contributed by atoms with Crippen molar-refractivity contribution in [1.82, 2.24) is 0 Å². The van der Waals surface area contributed by atoms with Gasteiger partial charge in [0, 0.05) is 18.2 Å². The van der Waals surface area contributed by atoms with Crippen molar-refractivity contribution in [3.05, 3.63) is 71.3 Å². The molecular formula is C30H40N2O5. The molecule has 0 unspecified atom stereocenters. The van der Waals surface area contributed by atoms with E-state index >= 15 is 0 Å². The maximum absolute atomic E-state index is 13.1. The number of carbonyl (C=O) groups is 2. The molecule has 5 N–H and O–H groups in total. The van der Waals surface area contributed by atoms with E-state index < -0.39 is 11.6 Å². The summed E-state index contributed by atoms with van der Waals surface area (Å²) < 4.78 is 11.9. The Kier molecular flexibility index (Phi) is 10.9. The van der Waals surface area contributed by atoms with Crippen molar-refractivity contribution in [2.75, 3.05) is 6.61 Å². The number of ether oxygens (including phenoxy) is 2. The molecular weight excluding hydrogens is 468 g/mol. The zero-order valence-corrected chi connectivity index (χ0v) is 21.7. The van der Waals surface area contributed by atoms with Gasteiger partial charge < -0.3 is 26.0 Å². The Morgan fingerprint density at radius 2 is 1.70 bits per heavy atom. The van der Waals surface area contributed by atoms with Crippen molar-refractivity contribution in [3.63, 3.8) is 0 Å². The quantitative estimate of drug-likeness (QED) is 0.109. The molecule has 1 fully saturated rings. The third kappa shape index (κ3) is 8.52. The van der Waals surface area contributed by atoms with Crippen molar-refractivity contribution in [1.29, 1.82) is 0 Å². The van der Waals surface area contributed by atoms with Gasteiger partial charge in [0.2, 0.25) is 0 Å². The number of esters is 1. The second kappa shape index (κ2) is 14.1. The molecule has 2 aromatic rings. The van der Waals surface area contributed by atoms with Crippen molar-refractivity contribution >= 4 is 18.0 Å². The van der Waals surface area contributed by atoms with Crippen LogP contribution in [0.2, 0.25) is 0 Å². The van der Waals surface area contributed by atoms with E-state index in [1.165, 1.54) is 31.8 Å². The molecule has 3 rings (SSSR count). The topological polar surface area (TPSA) is 125 Å². The van der Waals surface area contributed by atoms with Crippen LogP contribution in [0.4, 0.5) is 0 Å². The largest absolute Gasteiger partial charge is 0.478 e. The molecule has 0 bridgehead atoms. The Balaban J connectivity index is 1.66. The Morgan fingerprint density at radius 1 is 1.00 bits per heavy atom. The molecule has 200 valence electrons. The number of hydrogen-bond donors (Lipinski definition) is 3. The van der Waals surface area contributed by atoms with Gasteiger partial charge in [-0.1, -0.05) is 69.0 Å². The minimum Gasteiger partial charge on any atom is -0.478 e. The number of unbranched alkanes of at least 4 members (excludes halogenated alkanes) is 4. The van der Waals surface area contributed by atoms with Crippen molar-refractivity contribution < 1.29 is 24.2 Å². The molecule has 1 saturated carbocycles. The van der Waals surface area contributed by atoms with Crippen LogP contribution in [0.3, 0.4) is 0 Å². The van der Waals surface area contributed by atoms with Crippen molar-refractivity contribution in [3.8, 4) is 5.75 Å². The van der Waals surface area contributed by atoms with E-state index in [9.17, 15) is 9.59 Å². The third-order valence-electron chi connectivity index (χ3n) is 6.94. The second-order valence-corrected chi connectivity index (χ2v) is 9.84. The minimum absolute atomic E-state index is 0.199. The molecule has 7 nitrogen and oxygen atoms in total. The fourth-order valence-corrected chi connectivity index (χ4v) is 4.71. The van der Waals surface area contributed by atoms with Gasteiger partial charge in [-0.25, -0.2) is 4.79 Å². The molecule has 7 heteroatoms. The summed E-state index contributed by atoms with van der Waals surface area (Å²) in [5, 5.41) is 9.00. The van der Waals surface area contributed by atoms with E-state index in [4.69, 9.17) is 26.0 Å². The maximum Gasteiger partial charge on any atom is 0.328 e. The lowest BCUT2D eigenvalue weighted by Crippen LogP contribution is -2.47. The third-order valence-corrected chi connectivity index (χ3v) is 6.94. The first-order valence-electron chi connectivity index (χ1n) is 13.3. The van der Waals surface area contributed by atoms with Crippen LogP contribution in [0, 0.1) is 5.92 Å². The maximum atomic E-state index is 13.1. The first-order chi connectivity index (χ1) is 17.8. The van der Waals surface area contributed by atoms with Gasteiger partial charge in [-0.15, -0.1) is 0 Å². The second-order valence-electron chi connectivity index (χ2n) is 9.84. The molecule has 37 heavy (non-hydrogen) atoms. The molecule has 0 atom stereocenters. The Hall–Kier alpha value is -3.00. The molecule has 0 spiro atoms. The van der Waals surface area contributed by atoms with Gasteiger partial charge in [0.15, 0.2) is 0 Å². The SMILES string of the molecule is CCCCCCCOC1CCC(C(=O)Oc2ccc(C=CC(=O)O)cc2C(N)(N)c2ccccc2)CC1. The lowest BCUT2D eigenvalue weighted by Gasteiger charge is -2.30. The van der Waals surface area contributed by atoms with E-state index in [2.05, 4.69) is 6.92 Å². The van der Waals surface area contributed by atoms with Crippen LogP contribution in [0.25, 0.3) is 6.08 Å². The summed E-state index contributed by atoms with van der Waals surface area (Å²) in [5.74, 6) is -1.32. The number of aliphatic carboxylic acids is 1. The number of benzene rings is 2. The van der Waals surface area contributed by atoms with Crippen LogP contribution >= 0.6 is 0 Å². The molecule has 0 heterocycles. The van der Waals surface area contributed by atoms with Gasteiger partial charge in [-0.05, 0) is 61.4 Å². The lowest BCUT2D eigenvalue weighted by atomic mass is 9.87. The summed E-state index contributed by atoms with van der Waals surface area (Å²) in [6.45, 7) is 2.99. The molecule has 0 radical (unpaired) electrons. The predicted octanol–water partition coefficient (Wildman–Crippen LogP) is 5.35. The predicted molar refractivity (Wildman–Crippen MR) is 145 cm³/mol. The lowest BCUT2D eigenvalue weighted by molar-refractivity contribution is -0.141. The normalized spacial score (nSPS) is 18.1. The summed E-state index contributed by atoms with van der Waals surface area (Å²) in [6.07, 6.45) is 11.8. The fraction of sp³-hybridized carbons (Fsp3) is 0.467. The van der Waals surface area contributed by atoms with Gasteiger partial charge in [0.05, 0.1) is 12.0 Å². The number of nitrogens with two attached hydrogens (primary N) is 2. The monoisotopic (exact) mass is 508 g/mol. The van der Waals surface area contributed by atoms with Gasteiger partial charge in [-0.3, -0.25) is 4.79 Å². The van der Waals surface area contributed by atoms with Crippen LogP contribution < -0.4 is 16.2 Å². The fourth-order valence-electron chi connectivity index (χ4n) is 4.71. The van der Waals surface area contributed by atoms with Crippen molar-refractivity contribution in [2.45, 2.75) is 76.5 Å². The smallest absolute Gasteiger partial charge is 0.328 e. The Labute approximate surface area is 219 Å². The Morgan fingerprint density at radius 3 is 2.38 bits per heavy atom. The zero-order valence-electron chi connectivity index (χ0n) is 21.7. The number of carboxylic acid groups (broad SMARTS) is 1. The Bertz CT molecular complexity index is 1040. The van der Waals surface area contributed by atoms with Crippen LogP contribution in [-0.2, 0) is 20.0 Å². The van der Waals surface area contributed by atoms with Crippen LogP contribution in [0.15, 0.2) is 54.6 Å². The van der Waals surface area contributed by atoms with E-state index in [1.807, 2.05) is 18.2 Å².